The zero-order valence-electron chi connectivity index (χ0n) is 76.8. The summed E-state index contributed by atoms with van der Waals surface area (Å²) >= 11 is 0. The van der Waals surface area contributed by atoms with E-state index in [1.54, 1.807) is 6.07 Å². The molecule has 12 aliphatic rings. The second-order valence-corrected chi connectivity index (χ2v) is 37.3. The van der Waals surface area contributed by atoms with Crippen LogP contribution in [-0.4, -0.2) is 143 Å². The number of rotatable bonds is 7. The molecule has 12 N–H and O–H groups in total. The van der Waals surface area contributed by atoms with Crippen molar-refractivity contribution in [3.63, 3.8) is 0 Å². The van der Waals surface area contributed by atoms with Crippen LogP contribution >= 0.6 is 0 Å². The molecule has 24 rings (SSSR count). The maximum atomic E-state index is 14.4. The fourth-order valence-electron chi connectivity index (χ4n) is 22.0. The zero-order chi connectivity index (χ0) is 92.6. The number of benzene rings is 6. The lowest BCUT2D eigenvalue weighted by molar-refractivity contribution is 0.157. The van der Waals surface area contributed by atoms with Gasteiger partial charge in [-0.25, -0.2) is 39.3 Å². The number of nitrogens with zero attached hydrogens (tertiary/aromatic N) is 12. The topological polar surface area (TPSA) is 372 Å². The Morgan fingerprint density at radius 3 is 0.880 bits per heavy atom. The highest BCUT2D eigenvalue weighted by Gasteiger charge is 2.54. The van der Waals surface area contributed by atoms with Gasteiger partial charge in [0.1, 0.15) is 75.7 Å². The van der Waals surface area contributed by atoms with Gasteiger partial charge in [-0.15, -0.1) is 0 Å². The highest BCUT2D eigenvalue weighted by molar-refractivity contribution is 5.83. The molecule has 12 atom stereocenters. The molecule has 12 aromatic rings. The van der Waals surface area contributed by atoms with Crippen molar-refractivity contribution in [1.29, 1.82) is 0 Å². The number of aryl methyl sites for hydroxylation is 4. The zero-order valence-corrected chi connectivity index (χ0v) is 76.8. The van der Waals surface area contributed by atoms with Gasteiger partial charge in [0.25, 0.3) is 36.1 Å². The molecule has 0 saturated heterocycles. The van der Waals surface area contributed by atoms with E-state index in [1.165, 1.54) is 130 Å². The quantitative estimate of drug-likeness (QED) is 0.0863. The number of aliphatic imine (C=N–C) groups is 6. The predicted octanol–water partition coefficient (Wildman–Crippen LogP) is 15.3. The maximum absolute atomic E-state index is 14.4. The van der Waals surface area contributed by atoms with E-state index in [9.17, 15) is 4.39 Å². The molecule has 6 aromatic carbocycles. The third-order valence-corrected chi connectivity index (χ3v) is 29.1. The summed E-state index contributed by atoms with van der Waals surface area (Å²) in [6, 6.07) is 60.4. The van der Waals surface area contributed by atoms with Gasteiger partial charge in [-0.3, -0.25) is 24.9 Å². The first-order chi connectivity index (χ1) is 64.0. The lowest BCUT2D eigenvalue weighted by atomic mass is 9.90. The number of aromatic nitrogens is 6. The fraction of sp³-hybridized carbons (Fsp3) is 0.327. The van der Waals surface area contributed by atoms with Crippen LogP contribution in [0.5, 0.6) is 5.88 Å². The van der Waals surface area contributed by atoms with E-state index < -0.39 is 5.54 Å². The van der Waals surface area contributed by atoms with Gasteiger partial charge in [0.05, 0.1) is 19.0 Å². The van der Waals surface area contributed by atoms with Gasteiger partial charge >= 0.3 is 0 Å². The molecule has 678 valence electrons. The van der Waals surface area contributed by atoms with E-state index >= 15 is 0 Å². The van der Waals surface area contributed by atoms with Crippen molar-refractivity contribution in [3.05, 3.63) is 315 Å². The highest BCUT2D eigenvalue weighted by Crippen LogP contribution is 2.51. The van der Waals surface area contributed by atoms with Gasteiger partial charge < -0.3 is 67.6 Å². The Morgan fingerprint density at radius 2 is 0.594 bits per heavy atom. The second kappa shape index (κ2) is 34.7. The van der Waals surface area contributed by atoms with Crippen molar-refractivity contribution in [2.45, 2.75) is 216 Å². The Balaban J connectivity index is 0.000000103. The summed E-state index contributed by atoms with van der Waals surface area (Å²) in [4.78, 5) is 53.1. The third-order valence-electron chi connectivity index (χ3n) is 29.1. The van der Waals surface area contributed by atoms with Gasteiger partial charge in [0.15, 0.2) is 0 Å². The molecule has 12 heterocycles. The Kier molecular flexibility index (Phi) is 22.9. The molecule has 0 radical (unpaired) electrons. The first kappa shape index (κ1) is 87.9. The van der Waals surface area contributed by atoms with E-state index in [2.05, 4.69) is 242 Å². The van der Waals surface area contributed by atoms with Crippen LogP contribution in [0, 0.1) is 33.5 Å². The van der Waals surface area contributed by atoms with Crippen molar-refractivity contribution in [1.82, 2.24) is 29.9 Å². The molecule has 0 bridgehead atoms. The summed E-state index contributed by atoms with van der Waals surface area (Å²) in [5.41, 5.74) is 66.9. The lowest BCUT2D eigenvalue weighted by Gasteiger charge is -2.23. The molecule has 0 fully saturated rings. The monoisotopic (exact) mass is 1780 g/mol. The van der Waals surface area contributed by atoms with Gasteiger partial charge in [0, 0.05) is 149 Å². The van der Waals surface area contributed by atoms with Gasteiger partial charge in [-0.05, 0) is 246 Å². The van der Waals surface area contributed by atoms with Crippen LogP contribution in [0.25, 0.3) is 66.9 Å². The first-order valence-electron chi connectivity index (χ1n) is 45.6. The van der Waals surface area contributed by atoms with Crippen LogP contribution in [0.3, 0.4) is 0 Å². The van der Waals surface area contributed by atoms with Crippen LogP contribution in [-0.2, 0) is 105 Å². The average molecular weight is 1780 g/mol. The largest absolute Gasteiger partial charge is 0.481 e. The molecule has 6 aliphatic carbocycles. The van der Waals surface area contributed by atoms with Crippen molar-refractivity contribution < 1.29 is 37.5 Å². The summed E-state index contributed by atoms with van der Waals surface area (Å²) in [5, 5.41) is 0. The molecule has 6 aliphatic heterocycles. The van der Waals surface area contributed by atoms with E-state index in [0.717, 1.165) is 104 Å². The molecule has 0 amide bonds. The minimum absolute atomic E-state index is 0.0153. The molecular formula is C107H111FN18O7. The third kappa shape index (κ3) is 16.5. The summed E-state index contributed by atoms with van der Waals surface area (Å²) in [6.07, 6.45) is 24.5. The molecule has 133 heavy (non-hydrogen) atoms. The number of hydrogen-bond donors (Lipinski definition) is 6. The van der Waals surface area contributed by atoms with Crippen molar-refractivity contribution >= 4 is 36.1 Å². The van der Waals surface area contributed by atoms with Crippen LogP contribution in [0.4, 0.5) is 4.39 Å². The Morgan fingerprint density at radius 1 is 0.293 bits per heavy atom. The summed E-state index contributed by atoms with van der Waals surface area (Å²) < 4.78 is 53.1. The SMILES string of the molecule is COc1cc(-c2cccc3c2C[C@@]2(C3)N=C(N)O[C@@H]2C)c(F)cn1.C[C@H]1OC(N)=N[C@@]12Cc1cccc(-c3ccccn3)c1C2.Cc1cc(-c2cccc3c2C[C@@]2(C3)N=C(N)O[C@@H]2C)ccn1.Cc1cc(-c2cccc3c2C[C@@]2(C3)N=C(N)O[C@@H]2C)ccn1.Cc1cnccc1-c1cccc2c1C[C@@]1(C2)N=C(N)O[C@@H]1C.Cc1cnccc1-c1cccc2c1C[C@@]1(C2)N=C(N)O[C@@H]1C. The van der Waals surface area contributed by atoms with E-state index in [4.69, 9.17) is 67.6 Å². The standard InChI is InChI=1S/C18H18FN3O2.4C18H19N3O.C17H17N3O/c1-10-18(22-17(20)24-10)7-11-4-3-5-12(14(11)8-18)13-6-16(23-2)21-9-15(13)19;2*1-11-10-20-7-6-14(11)15-5-3-4-13-8-18(9-16(13)15)12(2)22-17(19)21-18;2*1-11-8-13(6-7-20-11)15-5-3-4-14-9-18(10-16(14)15)12(2)22-17(19)21-18;1-11-17(20-16(18)21-11)9-12-5-4-6-13(14(12)10-17)15-7-2-3-8-19-15/h3-6,9-10H,7-8H2,1-2H3,(H2,20,22);2*3-7,10,12H,8-9H2,1-2H3,(H2,19,21);2*3-8,12H,9-10H2,1-2H3,(H2,19,21);2-8,11H,9-10H2,1H3,(H2,18,20)/t10-,18-;4*12-,18-;11-,17-/m111111/s1. The fourth-order valence-corrected chi connectivity index (χ4v) is 22.0. The summed E-state index contributed by atoms with van der Waals surface area (Å²) in [6.45, 7) is 20.5. The maximum Gasteiger partial charge on any atom is 0.282 e. The number of ether oxygens (including phenoxy) is 7. The van der Waals surface area contributed by atoms with Crippen molar-refractivity contribution in [2.24, 2.45) is 64.4 Å². The van der Waals surface area contributed by atoms with Crippen molar-refractivity contribution in [2.75, 3.05) is 7.11 Å². The Labute approximate surface area is 774 Å². The minimum Gasteiger partial charge on any atom is -0.481 e. The van der Waals surface area contributed by atoms with E-state index in [-0.39, 0.29) is 76.2 Å². The number of hydrogen-bond acceptors (Lipinski definition) is 25. The molecule has 6 aromatic heterocycles. The van der Waals surface area contributed by atoms with Gasteiger partial charge in [-0.1, -0.05) is 115 Å². The lowest BCUT2D eigenvalue weighted by Crippen LogP contribution is -2.36. The molecule has 25 nitrogen and oxygen atoms in total. The Bertz CT molecular complexity index is 6520. The normalized spacial score (nSPS) is 25.8. The molecule has 26 heteroatoms. The number of pyridine rings is 6. The smallest absolute Gasteiger partial charge is 0.282 e. The van der Waals surface area contributed by atoms with Crippen LogP contribution < -0.4 is 39.1 Å². The molecular weight excluding hydrogens is 1670 g/mol. The summed E-state index contributed by atoms with van der Waals surface area (Å²) in [7, 11) is 1.52. The molecule has 0 unspecified atom stereocenters. The van der Waals surface area contributed by atoms with Crippen LogP contribution in [0.2, 0.25) is 0 Å². The average Bonchev–Trinajstić information content (AvgIpc) is 1.62. The number of halogens is 1. The predicted molar refractivity (Wildman–Crippen MR) is 517 cm³/mol. The molecule has 0 saturated carbocycles. The van der Waals surface area contributed by atoms with Gasteiger partial charge in [0.2, 0.25) is 5.88 Å². The number of fused-ring (bicyclic) bond motifs is 6. The van der Waals surface area contributed by atoms with E-state index in [0.29, 0.717) is 48.0 Å². The molecule has 6 spiro atoms. The summed E-state index contributed by atoms with van der Waals surface area (Å²) in [5.74, 6) is 0.0143. The Hall–Kier alpha value is -14.4. The number of methoxy groups -OCH3 is 1. The highest BCUT2D eigenvalue weighted by atomic mass is 19.1. The second-order valence-electron chi connectivity index (χ2n) is 37.3. The van der Waals surface area contributed by atoms with E-state index in [1.807, 2.05) is 94.5 Å². The minimum atomic E-state index is -0.393. The van der Waals surface area contributed by atoms with Crippen LogP contribution in [0.1, 0.15) is 131 Å². The number of nitrogens with two attached hydrogens (primary N) is 6. The number of amidine groups is 6. The van der Waals surface area contributed by atoms with Crippen LogP contribution in [0.15, 0.2) is 249 Å². The first-order valence-corrected chi connectivity index (χ1v) is 45.6. The van der Waals surface area contributed by atoms with Gasteiger partial charge in [-0.2, -0.15) is 0 Å². The van der Waals surface area contributed by atoms with Crippen molar-refractivity contribution in [3.8, 4) is 72.8 Å².